The van der Waals surface area contributed by atoms with E-state index in [2.05, 4.69) is 9.97 Å². The zero-order chi connectivity index (χ0) is 9.42. The van der Waals surface area contributed by atoms with E-state index in [0.29, 0.717) is 5.52 Å². The second-order valence-electron chi connectivity index (χ2n) is 2.72. The van der Waals surface area contributed by atoms with Gasteiger partial charge in [-0.25, -0.2) is 14.8 Å². The van der Waals surface area contributed by atoms with Crippen LogP contribution >= 0.6 is 0 Å². The van der Waals surface area contributed by atoms with Gasteiger partial charge in [-0.1, -0.05) is 0 Å². The lowest BCUT2D eigenvalue weighted by Crippen LogP contribution is -1.94. The number of carboxylic acids is 1. The fraction of sp³-hybridized carbons (Fsp3) is 0.125. The highest BCUT2D eigenvalue weighted by Crippen LogP contribution is 2.16. The number of hydrogen-bond donors (Lipinski definition) is 1. The second-order valence-corrected chi connectivity index (χ2v) is 2.72. The molecule has 0 unspecified atom stereocenters. The smallest absolute Gasteiger partial charge is 0.339 e. The molecule has 0 spiro atoms. The largest absolute Gasteiger partial charge is 0.478 e. The van der Waals surface area contributed by atoms with E-state index in [1.807, 2.05) is 0 Å². The summed E-state index contributed by atoms with van der Waals surface area (Å²) in [7, 11) is 1.76. The summed E-state index contributed by atoms with van der Waals surface area (Å²) in [5.41, 5.74) is 1.41. The zero-order valence-corrected chi connectivity index (χ0v) is 6.93. The number of nitrogens with zero attached hydrogens (tertiary/aromatic N) is 3. The van der Waals surface area contributed by atoms with Gasteiger partial charge in [0.15, 0.2) is 0 Å². The van der Waals surface area contributed by atoms with Crippen molar-refractivity contribution in [1.29, 1.82) is 0 Å². The lowest BCUT2D eigenvalue weighted by Gasteiger charge is -1.91. The van der Waals surface area contributed by atoms with Crippen LogP contribution in [-0.2, 0) is 7.05 Å². The average Bonchev–Trinajstić information content (AvgIpc) is 2.45. The molecule has 0 aromatic carbocycles. The topological polar surface area (TPSA) is 68.0 Å². The zero-order valence-electron chi connectivity index (χ0n) is 6.93. The summed E-state index contributed by atoms with van der Waals surface area (Å²) in [4.78, 5) is 18.5. The standard InChI is InChI=1S/C8H7N3O2/c1-11-3-5(8(12)13)7-6(11)2-9-4-10-7/h2-4H,1H3,(H,12,13). The molecule has 0 aliphatic heterocycles. The Morgan fingerprint density at radius 3 is 3.08 bits per heavy atom. The molecular formula is C8H7N3O2. The Morgan fingerprint density at radius 1 is 1.62 bits per heavy atom. The quantitative estimate of drug-likeness (QED) is 0.695. The van der Waals surface area contributed by atoms with Gasteiger partial charge in [-0.3, -0.25) is 0 Å². The molecule has 2 aromatic heterocycles. The highest BCUT2D eigenvalue weighted by Gasteiger charge is 2.12. The van der Waals surface area contributed by atoms with Crippen molar-refractivity contribution < 1.29 is 9.90 Å². The number of aromatic carboxylic acids is 1. The number of aryl methyl sites for hydroxylation is 1. The maximum Gasteiger partial charge on any atom is 0.339 e. The number of aromatic nitrogens is 3. The Kier molecular flexibility index (Phi) is 1.51. The Labute approximate surface area is 73.7 Å². The van der Waals surface area contributed by atoms with Gasteiger partial charge in [-0.2, -0.15) is 0 Å². The molecule has 66 valence electrons. The van der Waals surface area contributed by atoms with Crippen LogP contribution in [0, 0.1) is 0 Å². The van der Waals surface area contributed by atoms with E-state index in [-0.39, 0.29) is 5.56 Å². The van der Waals surface area contributed by atoms with Crippen molar-refractivity contribution in [2.75, 3.05) is 0 Å². The van der Waals surface area contributed by atoms with Crippen molar-refractivity contribution in [1.82, 2.24) is 14.5 Å². The molecule has 1 N–H and O–H groups in total. The maximum absolute atomic E-state index is 10.8. The summed E-state index contributed by atoms with van der Waals surface area (Å²) in [6.07, 6.45) is 4.46. The van der Waals surface area contributed by atoms with Gasteiger partial charge >= 0.3 is 5.97 Å². The molecule has 0 aliphatic carbocycles. The number of carbonyl (C=O) groups is 1. The van der Waals surface area contributed by atoms with Crippen molar-refractivity contribution in [3.63, 3.8) is 0 Å². The Morgan fingerprint density at radius 2 is 2.38 bits per heavy atom. The van der Waals surface area contributed by atoms with Gasteiger partial charge in [-0.05, 0) is 0 Å². The molecular weight excluding hydrogens is 170 g/mol. The van der Waals surface area contributed by atoms with Gasteiger partial charge < -0.3 is 9.67 Å². The van der Waals surface area contributed by atoms with Crippen LogP contribution in [0.15, 0.2) is 18.7 Å². The first-order valence-corrected chi connectivity index (χ1v) is 3.68. The highest BCUT2D eigenvalue weighted by atomic mass is 16.4. The summed E-state index contributed by atoms with van der Waals surface area (Å²) in [6.45, 7) is 0. The molecule has 2 heterocycles. The third-order valence-corrected chi connectivity index (χ3v) is 1.88. The molecule has 5 heteroatoms. The van der Waals surface area contributed by atoms with Crippen molar-refractivity contribution in [3.05, 3.63) is 24.3 Å². The third kappa shape index (κ3) is 1.05. The average molecular weight is 177 g/mol. The van der Waals surface area contributed by atoms with Crippen molar-refractivity contribution in [3.8, 4) is 0 Å². The van der Waals surface area contributed by atoms with Crippen LogP contribution in [0.5, 0.6) is 0 Å². The summed E-state index contributed by atoms with van der Waals surface area (Å²) < 4.78 is 1.69. The monoisotopic (exact) mass is 177 g/mol. The lowest BCUT2D eigenvalue weighted by molar-refractivity contribution is 0.0698. The van der Waals surface area contributed by atoms with Crippen molar-refractivity contribution in [2.24, 2.45) is 7.05 Å². The van der Waals surface area contributed by atoms with Crippen LogP contribution < -0.4 is 0 Å². The van der Waals surface area contributed by atoms with Gasteiger partial charge in [0.1, 0.15) is 17.4 Å². The molecule has 0 fully saturated rings. The van der Waals surface area contributed by atoms with Gasteiger partial charge in [0.25, 0.3) is 0 Å². The van der Waals surface area contributed by atoms with E-state index < -0.39 is 5.97 Å². The maximum atomic E-state index is 10.8. The molecule has 5 nitrogen and oxygen atoms in total. The minimum Gasteiger partial charge on any atom is -0.478 e. The van der Waals surface area contributed by atoms with E-state index in [4.69, 9.17) is 5.11 Å². The predicted molar refractivity (Wildman–Crippen MR) is 45.5 cm³/mol. The predicted octanol–water partition coefficient (Wildman–Crippen LogP) is 0.667. The second kappa shape index (κ2) is 2.55. The van der Waals surface area contributed by atoms with E-state index in [9.17, 15) is 4.79 Å². The third-order valence-electron chi connectivity index (χ3n) is 1.88. The molecule has 0 amide bonds. The van der Waals surface area contributed by atoms with E-state index >= 15 is 0 Å². The van der Waals surface area contributed by atoms with Crippen molar-refractivity contribution >= 4 is 17.0 Å². The van der Waals surface area contributed by atoms with Gasteiger partial charge in [0.05, 0.1) is 11.7 Å². The molecule has 0 saturated carbocycles. The van der Waals surface area contributed by atoms with Crippen LogP contribution in [0.2, 0.25) is 0 Å². The van der Waals surface area contributed by atoms with Crippen LogP contribution in [-0.4, -0.2) is 25.6 Å². The minimum absolute atomic E-state index is 0.208. The van der Waals surface area contributed by atoms with E-state index in [1.54, 1.807) is 17.8 Å². The van der Waals surface area contributed by atoms with Crippen LogP contribution in [0.3, 0.4) is 0 Å². The first kappa shape index (κ1) is 7.72. The fourth-order valence-electron chi connectivity index (χ4n) is 1.27. The van der Waals surface area contributed by atoms with Crippen molar-refractivity contribution in [2.45, 2.75) is 0 Å². The minimum atomic E-state index is -0.968. The summed E-state index contributed by atoms with van der Waals surface area (Å²) in [5.74, 6) is -0.968. The number of rotatable bonds is 1. The van der Waals surface area contributed by atoms with E-state index in [1.165, 1.54) is 12.5 Å². The first-order valence-electron chi connectivity index (χ1n) is 3.68. The molecule has 0 bridgehead atoms. The highest BCUT2D eigenvalue weighted by molar-refractivity contribution is 6.01. The lowest BCUT2D eigenvalue weighted by atomic mass is 10.3. The van der Waals surface area contributed by atoms with Crippen LogP contribution in [0.25, 0.3) is 11.0 Å². The molecule has 13 heavy (non-hydrogen) atoms. The van der Waals surface area contributed by atoms with Gasteiger partial charge in [0, 0.05) is 13.2 Å². The van der Waals surface area contributed by atoms with Gasteiger partial charge in [0.2, 0.25) is 0 Å². The molecule has 2 rings (SSSR count). The molecule has 0 atom stereocenters. The summed E-state index contributed by atoms with van der Waals surface area (Å²) >= 11 is 0. The Balaban J connectivity index is 2.85. The summed E-state index contributed by atoms with van der Waals surface area (Å²) in [5, 5.41) is 8.82. The number of fused-ring (bicyclic) bond motifs is 1. The van der Waals surface area contributed by atoms with Crippen LogP contribution in [0.4, 0.5) is 0 Å². The molecule has 0 saturated heterocycles. The number of carboxylic acid groups (broad SMARTS) is 1. The molecule has 0 radical (unpaired) electrons. The van der Waals surface area contributed by atoms with E-state index in [0.717, 1.165) is 5.52 Å². The Bertz CT molecular complexity index is 475. The number of hydrogen-bond acceptors (Lipinski definition) is 3. The van der Waals surface area contributed by atoms with Crippen LogP contribution in [0.1, 0.15) is 10.4 Å². The fourth-order valence-corrected chi connectivity index (χ4v) is 1.27. The normalized spacial score (nSPS) is 10.5. The molecule has 0 aliphatic rings. The van der Waals surface area contributed by atoms with Gasteiger partial charge in [-0.15, -0.1) is 0 Å². The molecule has 2 aromatic rings. The first-order chi connectivity index (χ1) is 6.20. The summed E-state index contributed by atoms with van der Waals surface area (Å²) in [6, 6.07) is 0. The SMILES string of the molecule is Cn1cc(C(=O)O)c2ncncc21. The Hall–Kier alpha value is -1.91.